The molecule has 5 nitrogen and oxygen atoms in total. The molecule has 0 bridgehead atoms. The highest BCUT2D eigenvalue weighted by Gasteiger charge is 2.33. The number of hydrogen-bond acceptors (Lipinski definition) is 4. The van der Waals surface area contributed by atoms with E-state index >= 15 is 0 Å². The number of carbonyl (C=O) groups excluding carboxylic acids is 2. The van der Waals surface area contributed by atoms with E-state index in [4.69, 9.17) is 4.74 Å². The summed E-state index contributed by atoms with van der Waals surface area (Å²) >= 11 is 1.75. The Morgan fingerprint density at radius 3 is 2.56 bits per heavy atom. The number of carbonyl (C=O) groups is 2. The van der Waals surface area contributed by atoms with Crippen LogP contribution in [-0.4, -0.2) is 48.4 Å². The second-order valence-corrected chi connectivity index (χ2v) is 9.61. The second kappa shape index (κ2) is 11.3. The fraction of sp³-hybridized carbons (Fsp3) is 0.357. The first kappa shape index (κ1) is 24.0. The topological polar surface area (TPSA) is 49.9 Å². The molecule has 34 heavy (non-hydrogen) atoms. The normalized spacial score (nSPS) is 15.0. The third kappa shape index (κ3) is 5.50. The number of fused-ring (bicyclic) bond motifs is 1. The maximum atomic E-state index is 13.6. The summed E-state index contributed by atoms with van der Waals surface area (Å²) in [6, 6.07) is 20.0. The fourth-order valence-corrected chi connectivity index (χ4v) is 5.50. The van der Waals surface area contributed by atoms with Gasteiger partial charge >= 0.3 is 0 Å². The van der Waals surface area contributed by atoms with Crippen molar-refractivity contribution in [2.24, 2.45) is 0 Å². The minimum atomic E-state index is -0.142. The molecule has 0 saturated carbocycles. The lowest BCUT2D eigenvalue weighted by Gasteiger charge is -2.37. The molecule has 1 aliphatic rings. The molecular formula is C28H32N2O3S. The molecule has 1 aromatic heterocycles. The van der Waals surface area contributed by atoms with E-state index in [1.54, 1.807) is 23.3 Å². The molecule has 178 valence electrons. The molecule has 2 heterocycles. The van der Waals surface area contributed by atoms with Gasteiger partial charge in [-0.15, -0.1) is 11.3 Å². The summed E-state index contributed by atoms with van der Waals surface area (Å²) in [5, 5.41) is 2.10. The first-order chi connectivity index (χ1) is 16.6. The second-order valence-electron chi connectivity index (χ2n) is 8.61. The molecule has 1 unspecified atom stereocenters. The van der Waals surface area contributed by atoms with Gasteiger partial charge in [-0.1, -0.05) is 49.4 Å². The molecular weight excluding hydrogens is 444 g/mol. The predicted molar refractivity (Wildman–Crippen MR) is 136 cm³/mol. The zero-order valence-corrected chi connectivity index (χ0v) is 20.7. The average Bonchev–Trinajstić information content (AvgIpc) is 3.36. The Hall–Kier alpha value is -3.12. The van der Waals surface area contributed by atoms with Gasteiger partial charge in [0.25, 0.3) is 0 Å². The van der Waals surface area contributed by atoms with E-state index in [9.17, 15) is 9.59 Å². The van der Waals surface area contributed by atoms with E-state index in [1.807, 2.05) is 66.4 Å². The van der Waals surface area contributed by atoms with Crippen LogP contribution in [0.3, 0.4) is 0 Å². The molecule has 3 aromatic rings. The highest BCUT2D eigenvalue weighted by molar-refractivity contribution is 7.10. The maximum absolute atomic E-state index is 13.6. The lowest BCUT2D eigenvalue weighted by atomic mass is 9.93. The molecule has 0 N–H and O–H groups in total. The Morgan fingerprint density at radius 2 is 1.85 bits per heavy atom. The van der Waals surface area contributed by atoms with Crippen LogP contribution in [0.4, 0.5) is 0 Å². The number of amides is 2. The van der Waals surface area contributed by atoms with E-state index in [1.165, 1.54) is 10.4 Å². The van der Waals surface area contributed by atoms with Crippen LogP contribution in [0.2, 0.25) is 0 Å². The summed E-state index contributed by atoms with van der Waals surface area (Å²) in [7, 11) is 1.65. The van der Waals surface area contributed by atoms with Gasteiger partial charge in [-0.05, 0) is 59.5 Å². The van der Waals surface area contributed by atoms with Crippen LogP contribution in [0.25, 0.3) is 0 Å². The van der Waals surface area contributed by atoms with Crippen molar-refractivity contribution >= 4 is 23.2 Å². The van der Waals surface area contributed by atoms with Gasteiger partial charge in [-0.3, -0.25) is 9.59 Å². The van der Waals surface area contributed by atoms with Crippen molar-refractivity contribution in [1.82, 2.24) is 9.80 Å². The summed E-state index contributed by atoms with van der Waals surface area (Å²) in [5.41, 5.74) is 3.39. The summed E-state index contributed by atoms with van der Waals surface area (Å²) in [6.45, 7) is 3.40. The van der Waals surface area contributed by atoms with Gasteiger partial charge in [-0.2, -0.15) is 0 Å². The Labute approximate surface area is 206 Å². The van der Waals surface area contributed by atoms with Crippen molar-refractivity contribution in [2.75, 3.05) is 26.7 Å². The number of methoxy groups -OCH3 is 1. The standard InChI is InChI=1S/C28H32N2O3S/c1-3-17-29(26(31)14-9-21-7-5-4-6-8-21)20-27(32)30-18-15-25-24(16-19-34-25)28(30)22-10-12-23(33-2)13-11-22/h4-8,10-13,16,19,28H,3,9,14-15,17-18,20H2,1-2H3. The smallest absolute Gasteiger partial charge is 0.242 e. The Morgan fingerprint density at radius 1 is 1.09 bits per heavy atom. The van der Waals surface area contributed by atoms with Crippen molar-refractivity contribution in [2.45, 2.75) is 38.6 Å². The number of nitrogens with zero attached hydrogens (tertiary/aromatic N) is 2. The minimum Gasteiger partial charge on any atom is -0.497 e. The number of rotatable bonds is 9. The summed E-state index contributed by atoms with van der Waals surface area (Å²) in [6.07, 6.45) is 2.76. The molecule has 2 aromatic carbocycles. The van der Waals surface area contributed by atoms with Gasteiger partial charge in [0.2, 0.25) is 11.8 Å². The lowest BCUT2D eigenvalue weighted by Crippen LogP contribution is -2.47. The summed E-state index contributed by atoms with van der Waals surface area (Å²) < 4.78 is 5.32. The largest absolute Gasteiger partial charge is 0.497 e. The zero-order chi connectivity index (χ0) is 23.9. The molecule has 0 saturated heterocycles. The lowest BCUT2D eigenvalue weighted by molar-refractivity contribution is -0.141. The van der Waals surface area contributed by atoms with Crippen molar-refractivity contribution < 1.29 is 14.3 Å². The molecule has 2 amide bonds. The first-order valence-corrected chi connectivity index (χ1v) is 12.8. The predicted octanol–water partition coefficient (Wildman–Crippen LogP) is 5.10. The van der Waals surface area contributed by atoms with Crippen LogP contribution in [0.15, 0.2) is 66.0 Å². The molecule has 4 rings (SSSR count). The van der Waals surface area contributed by atoms with Crippen molar-refractivity contribution in [3.05, 3.63) is 87.6 Å². The Bertz CT molecular complexity index is 1090. The minimum absolute atomic E-state index is 0.000760. The van der Waals surface area contributed by atoms with Crippen LogP contribution in [-0.2, 0) is 22.4 Å². The van der Waals surface area contributed by atoms with Gasteiger partial charge in [0.15, 0.2) is 0 Å². The number of aryl methyl sites for hydroxylation is 1. The number of benzene rings is 2. The van der Waals surface area contributed by atoms with Crippen LogP contribution in [0.1, 0.15) is 47.4 Å². The molecule has 0 spiro atoms. The third-order valence-electron chi connectivity index (χ3n) is 6.36. The average molecular weight is 477 g/mol. The van der Waals surface area contributed by atoms with Crippen molar-refractivity contribution in [3.63, 3.8) is 0 Å². The van der Waals surface area contributed by atoms with Crippen LogP contribution in [0.5, 0.6) is 5.75 Å². The highest BCUT2D eigenvalue weighted by Crippen LogP contribution is 2.38. The zero-order valence-electron chi connectivity index (χ0n) is 19.9. The molecule has 1 aliphatic heterocycles. The van der Waals surface area contributed by atoms with Crippen LogP contribution in [0, 0.1) is 0 Å². The van der Waals surface area contributed by atoms with Gasteiger partial charge in [0.1, 0.15) is 5.75 Å². The molecule has 0 aliphatic carbocycles. The summed E-state index contributed by atoms with van der Waals surface area (Å²) in [5.74, 6) is 0.827. The van der Waals surface area contributed by atoms with Gasteiger partial charge in [0, 0.05) is 24.4 Å². The van der Waals surface area contributed by atoms with Crippen LogP contribution < -0.4 is 4.74 Å². The van der Waals surface area contributed by atoms with E-state index in [0.29, 0.717) is 25.9 Å². The van der Waals surface area contributed by atoms with Gasteiger partial charge in [-0.25, -0.2) is 0 Å². The van der Waals surface area contributed by atoms with E-state index < -0.39 is 0 Å². The number of hydrogen-bond donors (Lipinski definition) is 0. The molecule has 0 radical (unpaired) electrons. The SMILES string of the molecule is CCCN(CC(=O)N1CCc2sccc2C1c1ccc(OC)cc1)C(=O)CCc1ccccc1. The van der Waals surface area contributed by atoms with Crippen LogP contribution >= 0.6 is 11.3 Å². The van der Waals surface area contributed by atoms with E-state index in [-0.39, 0.29) is 24.4 Å². The molecule has 0 fully saturated rings. The molecule has 6 heteroatoms. The molecule has 1 atom stereocenters. The quantitative estimate of drug-likeness (QED) is 0.432. The van der Waals surface area contributed by atoms with Crippen molar-refractivity contribution in [3.8, 4) is 5.75 Å². The maximum Gasteiger partial charge on any atom is 0.242 e. The Balaban J connectivity index is 1.51. The summed E-state index contributed by atoms with van der Waals surface area (Å²) in [4.78, 5) is 31.7. The first-order valence-electron chi connectivity index (χ1n) is 11.9. The van der Waals surface area contributed by atoms with Gasteiger partial charge < -0.3 is 14.5 Å². The van der Waals surface area contributed by atoms with E-state index in [2.05, 4.69) is 11.4 Å². The van der Waals surface area contributed by atoms with Crippen molar-refractivity contribution in [1.29, 1.82) is 0 Å². The Kier molecular flexibility index (Phi) is 8.01. The third-order valence-corrected chi connectivity index (χ3v) is 7.36. The van der Waals surface area contributed by atoms with E-state index in [0.717, 1.165) is 29.7 Å². The fourth-order valence-electron chi connectivity index (χ4n) is 4.60. The highest BCUT2D eigenvalue weighted by atomic mass is 32.1. The number of thiophene rings is 1. The number of ether oxygens (including phenoxy) is 1. The monoisotopic (exact) mass is 476 g/mol. The van der Waals surface area contributed by atoms with Gasteiger partial charge in [0.05, 0.1) is 19.7 Å².